The monoisotopic (exact) mass is 659 g/mol. The maximum Gasteiger partial charge on any atom is 0.164 e. The average molecular weight is 659 g/mol. The van der Waals surface area contributed by atoms with Crippen LogP contribution in [0.5, 0.6) is 0 Å². The predicted molar refractivity (Wildman–Crippen MR) is 135 cm³/mol. The molecule has 1 radical (unpaired) electrons. The first kappa shape index (κ1) is 30.6. The molecule has 0 amide bonds. The van der Waals surface area contributed by atoms with Crippen LogP contribution < -0.4 is 0 Å². The molecule has 0 saturated heterocycles. The van der Waals surface area contributed by atoms with Crippen molar-refractivity contribution in [1.29, 1.82) is 0 Å². The Balaban J connectivity index is 0.000000383. The van der Waals surface area contributed by atoms with E-state index in [1.54, 1.807) is 6.07 Å². The summed E-state index contributed by atoms with van der Waals surface area (Å²) in [6.45, 7) is 17.0. The van der Waals surface area contributed by atoms with Crippen molar-refractivity contribution in [3.8, 4) is 11.3 Å². The van der Waals surface area contributed by atoms with Crippen LogP contribution in [0.1, 0.15) is 58.2 Å². The number of aliphatic hydroxyl groups is 1. The second-order valence-corrected chi connectivity index (χ2v) is 10.8. The molecule has 1 aromatic heterocycles. The summed E-state index contributed by atoms with van der Waals surface area (Å²) in [4.78, 5) is 15.9. The molecule has 191 valence electrons. The summed E-state index contributed by atoms with van der Waals surface area (Å²) in [5, 5.41) is 9.89. The van der Waals surface area contributed by atoms with Crippen LogP contribution in [0.15, 0.2) is 42.2 Å². The average Bonchev–Trinajstić information content (AvgIpc) is 2.66. The fourth-order valence-electron chi connectivity index (χ4n) is 3.15. The van der Waals surface area contributed by atoms with Gasteiger partial charge in [-0.25, -0.2) is 8.78 Å². The van der Waals surface area contributed by atoms with E-state index in [-0.39, 0.29) is 37.1 Å². The Kier molecular flexibility index (Phi) is 10.1. The zero-order valence-electron chi connectivity index (χ0n) is 21.9. The van der Waals surface area contributed by atoms with Crippen molar-refractivity contribution in [3.63, 3.8) is 0 Å². The molecule has 2 aromatic carbocycles. The molecule has 3 nitrogen and oxygen atoms in total. The molecule has 6 heteroatoms. The van der Waals surface area contributed by atoms with E-state index in [1.807, 2.05) is 74.4 Å². The Morgan fingerprint density at radius 2 is 1.54 bits per heavy atom. The van der Waals surface area contributed by atoms with Gasteiger partial charge in [0.15, 0.2) is 5.78 Å². The van der Waals surface area contributed by atoms with Crippen molar-refractivity contribution in [1.82, 2.24) is 4.98 Å². The van der Waals surface area contributed by atoms with Crippen LogP contribution >= 0.6 is 0 Å². The summed E-state index contributed by atoms with van der Waals surface area (Å²) >= 11 is 0. The molecular weight excluding hydrogens is 625 g/mol. The number of carbonyl (C=O) groups excluding carboxylic acids is 1. The van der Waals surface area contributed by atoms with Gasteiger partial charge in [-0.2, -0.15) is 0 Å². The number of nitrogens with zero attached hydrogens (tertiary/aromatic N) is 1. The molecule has 0 saturated carbocycles. The number of allylic oxidation sites excluding steroid dienone is 2. The van der Waals surface area contributed by atoms with Crippen molar-refractivity contribution < 1.29 is 38.8 Å². The van der Waals surface area contributed by atoms with Gasteiger partial charge in [0.05, 0.1) is 5.52 Å². The van der Waals surface area contributed by atoms with E-state index >= 15 is 0 Å². The third-order valence-corrected chi connectivity index (χ3v) is 5.22. The van der Waals surface area contributed by atoms with Gasteiger partial charge in [-0.15, -0.1) is 34.9 Å². The Morgan fingerprint density at radius 1 is 0.943 bits per heavy atom. The van der Waals surface area contributed by atoms with Crippen molar-refractivity contribution >= 4 is 16.7 Å². The smallest absolute Gasteiger partial charge is 0.164 e. The van der Waals surface area contributed by atoms with Crippen LogP contribution in [0, 0.1) is 49.3 Å². The van der Waals surface area contributed by atoms with E-state index in [2.05, 4.69) is 11.1 Å². The summed E-state index contributed by atoms with van der Waals surface area (Å²) in [7, 11) is 0. The van der Waals surface area contributed by atoms with Crippen LogP contribution in [0.3, 0.4) is 0 Å². The van der Waals surface area contributed by atoms with Crippen molar-refractivity contribution in [2.24, 2.45) is 10.8 Å². The van der Waals surface area contributed by atoms with E-state index in [0.29, 0.717) is 16.6 Å². The molecule has 3 rings (SSSR count). The van der Waals surface area contributed by atoms with E-state index in [9.17, 15) is 18.7 Å². The molecule has 0 aliphatic heterocycles. The number of hydrogen-bond acceptors (Lipinski definition) is 3. The second kappa shape index (κ2) is 11.5. The fourth-order valence-corrected chi connectivity index (χ4v) is 3.15. The van der Waals surface area contributed by atoms with Gasteiger partial charge in [-0.1, -0.05) is 67.0 Å². The van der Waals surface area contributed by atoms with Gasteiger partial charge in [-0.05, 0) is 18.7 Å². The van der Waals surface area contributed by atoms with E-state index in [4.69, 9.17) is 0 Å². The molecule has 3 aromatic rings. The van der Waals surface area contributed by atoms with Gasteiger partial charge in [0.2, 0.25) is 0 Å². The van der Waals surface area contributed by atoms with Crippen molar-refractivity contribution in [3.05, 3.63) is 76.6 Å². The number of carbonyl (C=O) groups is 1. The third-order valence-electron chi connectivity index (χ3n) is 5.22. The predicted octanol–water partition coefficient (Wildman–Crippen LogP) is 7.99. The van der Waals surface area contributed by atoms with E-state index in [1.165, 1.54) is 12.1 Å². The van der Waals surface area contributed by atoms with Crippen LogP contribution in [-0.4, -0.2) is 15.9 Å². The molecule has 0 aliphatic rings. The third kappa shape index (κ3) is 8.33. The number of pyridine rings is 1. The Labute approximate surface area is 221 Å². The van der Waals surface area contributed by atoms with Gasteiger partial charge >= 0.3 is 0 Å². The number of aliphatic hydroxyl groups excluding tert-OH is 1. The first-order chi connectivity index (χ1) is 15.5. The van der Waals surface area contributed by atoms with Gasteiger partial charge in [-0.3, -0.25) is 9.78 Å². The molecular formula is C29H34F2IrNO2-. The van der Waals surface area contributed by atoms with Gasteiger partial charge in [0.25, 0.3) is 0 Å². The fraction of sp³-hybridized carbons (Fsp3) is 0.379. The number of halogens is 2. The summed E-state index contributed by atoms with van der Waals surface area (Å²) in [5.41, 5.74) is 4.07. The van der Waals surface area contributed by atoms with Gasteiger partial charge < -0.3 is 5.11 Å². The molecule has 0 bridgehead atoms. The first-order valence-electron chi connectivity index (χ1n) is 11.2. The molecule has 0 unspecified atom stereocenters. The maximum absolute atomic E-state index is 13.8. The molecule has 35 heavy (non-hydrogen) atoms. The van der Waals surface area contributed by atoms with Crippen LogP contribution in [0.2, 0.25) is 0 Å². The SMILES string of the molecule is CC(C)(C)C(=O)/C=C(\O)C(C)(C)C.Cc1[c-]c(-c2nc3cc(F)cc(F)c3cc2C)cc(C)c1.[Ir]. The number of benzene rings is 2. The summed E-state index contributed by atoms with van der Waals surface area (Å²) in [6, 6.07) is 11.1. The summed E-state index contributed by atoms with van der Waals surface area (Å²) in [5.74, 6) is -1.10. The Hall–Kier alpha value is -2.43. The number of aromatic nitrogens is 1. The van der Waals surface area contributed by atoms with Gasteiger partial charge in [0, 0.05) is 48.5 Å². The number of ketones is 1. The van der Waals surface area contributed by atoms with Crippen LogP contribution in [0.25, 0.3) is 22.2 Å². The second-order valence-electron chi connectivity index (χ2n) is 10.8. The largest absolute Gasteiger partial charge is 0.512 e. The quantitative estimate of drug-likeness (QED) is 0.173. The minimum absolute atomic E-state index is 0. The normalized spacial score (nSPS) is 12.0. The molecule has 0 aliphatic carbocycles. The minimum Gasteiger partial charge on any atom is -0.512 e. The minimum atomic E-state index is -0.619. The first-order valence-corrected chi connectivity index (χ1v) is 11.2. The zero-order valence-corrected chi connectivity index (χ0v) is 24.3. The van der Waals surface area contributed by atoms with Crippen LogP contribution in [-0.2, 0) is 24.9 Å². The van der Waals surface area contributed by atoms with Gasteiger partial charge in [0.1, 0.15) is 17.4 Å². The van der Waals surface area contributed by atoms with Crippen molar-refractivity contribution in [2.45, 2.75) is 62.3 Å². The van der Waals surface area contributed by atoms with Crippen LogP contribution in [0.4, 0.5) is 8.78 Å². The van der Waals surface area contributed by atoms with Crippen molar-refractivity contribution in [2.75, 3.05) is 0 Å². The zero-order chi connectivity index (χ0) is 26.0. The number of rotatable bonds is 2. The Morgan fingerprint density at radius 3 is 2.06 bits per heavy atom. The molecule has 0 atom stereocenters. The summed E-state index contributed by atoms with van der Waals surface area (Å²) in [6.07, 6.45) is 1.33. The van der Waals surface area contributed by atoms with E-state index in [0.717, 1.165) is 28.3 Å². The molecule has 0 spiro atoms. The maximum atomic E-state index is 13.8. The number of hydrogen-bond donors (Lipinski definition) is 1. The number of fused-ring (bicyclic) bond motifs is 1. The molecule has 0 fully saturated rings. The molecule has 1 heterocycles. The number of aryl methyl sites for hydroxylation is 3. The Bertz CT molecular complexity index is 1230. The topological polar surface area (TPSA) is 50.2 Å². The van der Waals surface area contributed by atoms with E-state index < -0.39 is 17.0 Å². The standard InChI is InChI=1S/C18H14F2N.C11H20O2.Ir/c1-10-4-11(2)6-13(5-10)18-12(3)7-15-16(20)8-14(19)9-17(15)21-18;1-10(2,3)8(12)7-9(13)11(4,5)6;/h4-5,7-9H,1-3H3;7,12H,1-6H3;/q-1;;/b;8-7-;. The summed E-state index contributed by atoms with van der Waals surface area (Å²) < 4.78 is 27.2. The molecule has 1 N–H and O–H groups in total.